The Bertz CT molecular complexity index is 574. The van der Waals surface area contributed by atoms with Crippen molar-refractivity contribution < 1.29 is 9.50 Å². The van der Waals surface area contributed by atoms with Gasteiger partial charge in [-0.1, -0.05) is 19.9 Å². The predicted molar refractivity (Wildman–Crippen MR) is 94.2 cm³/mol. The van der Waals surface area contributed by atoms with Gasteiger partial charge in [-0.05, 0) is 42.4 Å². The summed E-state index contributed by atoms with van der Waals surface area (Å²) in [5, 5.41) is 21.6. The number of piperidine rings is 1. The molecule has 1 fully saturated rings. The first kappa shape index (κ1) is 18.7. The molecule has 0 amide bonds. The van der Waals surface area contributed by atoms with Gasteiger partial charge in [-0.3, -0.25) is 0 Å². The van der Waals surface area contributed by atoms with Gasteiger partial charge in [0.1, 0.15) is 5.82 Å². The van der Waals surface area contributed by atoms with Gasteiger partial charge in [0.05, 0.1) is 17.9 Å². The van der Waals surface area contributed by atoms with Crippen molar-refractivity contribution in [3.8, 4) is 6.07 Å². The fraction of sp³-hybridized carbons (Fsp3) is 0.632. The first-order valence-corrected chi connectivity index (χ1v) is 8.70. The van der Waals surface area contributed by atoms with Crippen molar-refractivity contribution in [2.45, 2.75) is 52.2 Å². The molecule has 2 N–H and O–H groups in total. The maximum atomic E-state index is 14.4. The number of rotatable bonds is 7. The second-order valence-corrected chi connectivity index (χ2v) is 7.43. The number of nitrogens with zero attached hydrogens (tertiary/aromatic N) is 2. The van der Waals surface area contributed by atoms with Crippen LogP contribution in [-0.2, 0) is 6.54 Å². The molecule has 0 radical (unpaired) electrons. The third-order valence-corrected chi connectivity index (χ3v) is 4.66. The molecule has 5 heteroatoms. The van der Waals surface area contributed by atoms with E-state index in [1.165, 1.54) is 0 Å². The number of hydrogen-bond donors (Lipinski definition) is 2. The Morgan fingerprint density at radius 1 is 1.38 bits per heavy atom. The van der Waals surface area contributed by atoms with E-state index in [0.717, 1.165) is 18.5 Å². The zero-order chi connectivity index (χ0) is 17.6. The van der Waals surface area contributed by atoms with E-state index in [4.69, 9.17) is 5.26 Å². The van der Waals surface area contributed by atoms with E-state index in [9.17, 15) is 9.50 Å². The predicted octanol–water partition coefficient (Wildman–Crippen LogP) is 3.21. The molecule has 1 aromatic carbocycles. The monoisotopic (exact) mass is 333 g/mol. The highest BCUT2D eigenvalue weighted by Crippen LogP contribution is 2.25. The van der Waals surface area contributed by atoms with Crippen LogP contribution in [0.5, 0.6) is 0 Å². The number of anilines is 1. The Kier molecular flexibility index (Phi) is 6.59. The third kappa shape index (κ3) is 5.47. The Labute approximate surface area is 144 Å². The Balaban J connectivity index is 1.87. The number of benzene rings is 1. The molecule has 4 nitrogen and oxygen atoms in total. The van der Waals surface area contributed by atoms with Crippen LogP contribution in [-0.4, -0.2) is 30.8 Å². The molecule has 0 saturated carbocycles. The SMILES string of the molecule is CC(C)(CCC#N)CNCc1ccc(N2CCC(O)CC2)c(F)c1. The highest BCUT2D eigenvalue weighted by molar-refractivity contribution is 5.49. The van der Waals surface area contributed by atoms with Crippen molar-refractivity contribution >= 4 is 5.69 Å². The lowest BCUT2D eigenvalue weighted by Crippen LogP contribution is -2.36. The van der Waals surface area contributed by atoms with E-state index >= 15 is 0 Å². The lowest BCUT2D eigenvalue weighted by atomic mass is 9.88. The zero-order valence-corrected chi connectivity index (χ0v) is 14.7. The van der Waals surface area contributed by atoms with E-state index in [1.807, 2.05) is 17.0 Å². The van der Waals surface area contributed by atoms with Crippen LogP contribution in [0.2, 0.25) is 0 Å². The minimum absolute atomic E-state index is 0.0584. The maximum Gasteiger partial charge on any atom is 0.146 e. The summed E-state index contributed by atoms with van der Waals surface area (Å²) >= 11 is 0. The van der Waals surface area contributed by atoms with Crippen molar-refractivity contribution in [2.24, 2.45) is 5.41 Å². The van der Waals surface area contributed by atoms with Crippen molar-refractivity contribution in [3.63, 3.8) is 0 Å². The summed E-state index contributed by atoms with van der Waals surface area (Å²) in [5.74, 6) is -0.200. The zero-order valence-electron chi connectivity index (χ0n) is 14.7. The summed E-state index contributed by atoms with van der Waals surface area (Å²) in [6.45, 7) is 7.07. The first-order chi connectivity index (χ1) is 11.4. The van der Waals surface area contributed by atoms with E-state index in [0.29, 0.717) is 44.6 Å². The molecule has 1 aliphatic rings. The summed E-state index contributed by atoms with van der Waals surface area (Å²) in [4.78, 5) is 2.00. The van der Waals surface area contributed by atoms with Crippen LogP contribution in [0.1, 0.15) is 45.1 Å². The van der Waals surface area contributed by atoms with Crippen molar-refractivity contribution in [3.05, 3.63) is 29.6 Å². The number of halogens is 1. The maximum absolute atomic E-state index is 14.4. The number of hydrogen-bond acceptors (Lipinski definition) is 4. The quantitative estimate of drug-likeness (QED) is 0.804. The smallest absolute Gasteiger partial charge is 0.146 e. The number of aliphatic hydroxyl groups excluding tert-OH is 1. The van der Waals surface area contributed by atoms with Gasteiger partial charge in [0.25, 0.3) is 0 Å². The average molecular weight is 333 g/mol. The van der Waals surface area contributed by atoms with Crippen molar-refractivity contribution in [1.29, 1.82) is 5.26 Å². The summed E-state index contributed by atoms with van der Waals surface area (Å²) in [7, 11) is 0. The lowest BCUT2D eigenvalue weighted by molar-refractivity contribution is 0.145. The second kappa shape index (κ2) is 8.46. The van der Waals surface area contributed by atoms with Crippen LogP contribution in [0.3, 0.4) is 0 Å². The molecule has 1 saturated heterocycles. The van der Waals surface area contributed by atoms with Crippen LogP contribution in [0, 0.1) is 22.6 Å². The van der Waals surface area contributed by atoms with Gasteiger partial charge in [0.2, 0.25) is 0 Å². The van der Waals surface area contributed by atoms with Crippen LogP contribution in [0.4, 0.5) is 10.1 Å². The molecule has 0 atom stereocenters. The number of nitriles is 1. The van der Waals surface area contributed by atoms with Gasteiger partial charge in [-0.2, -0.15) is 5.26 Å². The minimum atomic E-state index is -0.253. The molecule has 0 aliphatic carbocycles. The summed E-state index contributed by atoms with van der Waals surface area (Å²) < 4.78 is 14.4. The molecule has 0 spiro atoms. The first-order valence-electron chi connectivity index (χ1n) is 8.70. The highest BCUT2D eigenvalue weighted by atomic mass is 19.1. The van der Waals surface area contributed by atoms with Crippen LogP contribution >= 0.6 is 0 Å². The molecular formula is C19H28FN3O. The van der Waals surface area contributed by atoms with Gasteiger partial charge in [0, 0.05) is 32.6 Å². The average Bonchev–Trinajstić information content (AvgIpc) is 2.54. The normalized spacial score (nSPS) is 16.2. The van der Waals surface area contributed by atoms with Crippen molar-refractivity contribution in [1.82, 2.24) is 5.32 Å². The van der Waals surface area contributed by atoms with Crippen LogP contribution in [0.15, 0.2) is 18.2 Å². The van der Waals surface area contributed by atoms with E-state index in [1.54, 1.807) is 6.07 Å². The van der Waals surface area contributed by atoms with Gasteiger partial charge in [-0.15, -0.1) is 0 Å². The van der Waals surface area contributed by atoms with E-state index < -0.39 is 0 Å². The topological polar surface area (TPSA) is 59.3 Å². The van der Waals surface area contributed by atoms with Crippen molar-refractivity contribution in [2.75, 3.05) is 24.5 Å². The Hall–Kier alpha value is -1.64. The van der Waals surface area contributed by atoms with Gasteiger partial charge >= 0.3 is 0 Å². The number of nitrogens with one attached hydrogen (secondary N) is 1. The number of aliphatic hydroxyl groups is 1. The standard InChI is InChI=1S/C19H28FN3O/c1-19(2,8-3-9-21)14-22-13-15-4-5-18(17(20)12-15)23-10-6-16(24)7-11-23/h4-5,12,16,22,24H,3,6-8,10-11,13-14H2,1-2H3. The molecule has 2 rings (SSSR count). The molecule has 0 aromatic heterocycles. The summed E-state index contributed by atoms with van der Waals surface area (Å²) in [6, 6.07) is 7.57. The summed E-state index contributed by atoms with van der Waals surface area (Å²) in [6.07, 6.45) is 2.55. The van der Waals surface area contributed by atoms with E-state index in [2.05, 4.69) is 25.2 Å². The lowest BCUT2D eigenvalue weighted by Gasteiger charge is -2.31. The third-order valence-electron chi connectivity index (χ3n) is 4.66. The largest absolute Gasteiger partial charge is 0.393 e. The fourth-order valence-corrected chi connectivity index (χ4v) is 3.05. The molecule has 1 heterocycles. The van der Waals surface area contributed by atoms with Crippen LogP contribution < -0.4 is 10.2 Å². The minimum Gasteiger partial charge on any atom is -0.393 e. The molecule has 24 heavy (non-hydrogen) atoms. The Morgan fingerprint density at radius 2 is 2.08 bits per heavy atom. The molecule has 0 unspecified atom stereocenters. The highest BCUT2D eigenvalue weighted by Gasteiger charge is 2.20. The Morgan fingerprint density at radius 3 is 2.71 bits per heavy atom. The van der Waals surface area contributed by atoms with E-state index in [-0.39, 0.29) is 17.3 Å². The molecular weight excluding hydrogens is 305 g/mol. The van der Waals surface area contributed by atoms with Gasteiger partial charge in [0.15, 0.2) is 0 Å². The van der Waals surface area contributed by atoms with Gasteiger partial charge in [-0.25, -0.2) is 4.39 Å². The summed E-state index contributed by atoms with van der Waals surface area (Å²) in [5.41, 5.74) is 1.60. The van der Waals surface area contributed by atoms with Crippen LogP contribution in [0.25, 0.3) is 0 Å². The molecule has 0 bridgehead atoms. The second-order valence-electron chi connectivity index (χ2n) is 7.43. The van der Waals surface area contributed by atoms with Gasteiger partial charge < -0.3 is 15.3 Å². The molecule has 1 aliphatic heterocycles. The fourth-order valence-electron chi connectivity index (χ4n) is 3.05. The molecule has 132 valence electrons. The molecule has 1 aromatic rings.